The van der Waals surface area contributed by atoms with E-state index in [0.717, 1.165) is 5.56 Å². The van der Waals surface area contributed by atoms with Gasteiger partial charge in [0.2, 0.25) is 5.88 Å². The summed E-state index contributed by atoms with van der Waals surface area (Å²) in [6, 6.07) is 5.34. The Morgan fingerprint density at radius 1 is 1.33 bits per heavy atom. The molecule has 2 N–H and O–H groups in total. The molecule has 1 heterocycles. The lowest BCUT2D eigenvalue weighted by Crippen LogP contribution is -1.88. The highest BCUT2D eigenvalue weighted by atomic mass is 35.5. The number of nitrogens with two attached hydrogens (primary N) is 1. The van der Waals surface area contributed by atoms with Crippen LogP contribution in [0.3, 0.4) is 0 Å². The van der Waals surface area contributed by atoms with E-state index in [0.29, 0.717) is 21.3 Å². The summed E-state index contributed by atoms with van der Waals surface area (Å²) in [6.07, 6.45) is 0. The number of aryl methyl sites for hydroxylation is 1. The van der Waals surface area contributed by atoms with Crippen molar-refractivity contribution in [3.8, 4) is 11.1 Å². The molecule has 0 aliphatic rings. The van der Waals surface area contributed by atoms with E-state index < -0.39 is 0 Å². The molecule has 0 spiro atoms. The van der Waals surface area contributed by atoms with Crippen molar-refractivity contribution in [1.29, 1.82) is 0 Å². The third kappa shape index (κ3) is 1.68. The van der Waals surface area contributed by atoms with Crippen LogP contribution in [0.15, 0.2) is 22.7 Å². The number of nitrogens with zero attached hydrogens (tertiary/aromatic N) is 1. The monoisotopic (exact) mass is 242 g/mol. The van der Waals surface area contributed by atoms with Crippen LogP contribution < -0.4 is 5.73 Å². The molecule has 0 saturated heterocycles. The molecule has 3 nitrogen and oxygen atoms in total. The average molecular weight is 243 g/mol. The Bertz CT molecular complexity index is 489. The Balaban J connectivity index is 2.69. The highest BCUT2D eigenvalue weighted by Gasteiger charge is 2.16. The number of hydrogen-bond donors (Lipinski definition) is 1. The largest absolute Gasteiger partial charge is 0.367 e. The summed E-state index contributed by atoms with van der Waals surface area (Å²) in [4.78, 5) is 0. The first-order valence-electron chi connectivity index (χ1n) is 4.27. The van der Waals surface area contributed by atoms with Crippen molar-refractivity contribution < 1.29 is 4.52 Å². The van der Waals surface area contributed by atoms with E-state index in [1.807, 2.05) is 6.07 Å². The van der Waals surface area contributed by atoms with Crippen LogP contribution in [-0.2, 0) is 0 Å². The third-order valence-corrected chi connectivity index (χ3v) is 2.93. The predicted molar refractivity (Wildman–Crippen MR) is 61.1 cm³/mol. The zero-order valence-electron chi connectivity index (χ0n) is 7.92. The van der Waals surface area contributed by atoms with Crippen LogP contribution in [-0.4, -0.2) is 5.16 Å². The zero-order valence-corrected chi connectivity index (χ0v) is 9.43. The second-order valence-electron chi connectivity index (χ2n) is 3.11. The number of nitrogen functional groups attached to an aromatic ring is 1. The maximum absolute atomic E-state index is 6.07. The maximum Gasteiger partial charge on any atom is 0.230 e. The molecule has 78 valence electrons. The molecule has 2 rings (SSSR count). The Hall–Kier alpha value is -1.19. The van der Waals surface area contributed by atoms with Gasteiger partial charge in [0.1, 0.15) is 0 Å². The Morgan fingerprint density at radius 2 is 2.07 bits per heavy atom. The molecule has 0 aliphatic heterocycles. The van der Waals surface area contributed by atoms with Crippen molar-refractivity contribution in [1.82, 2.24) is 5.16 Å². The molecule has 0 saturated carbocycles. The normalized spacial score (nSPS) is 10.6. The second-order valence-corrected chi connectivity index (χ2v) is 3.89. The molecule has 0 aliphatic carbocycles. The number of benzene rings is 1. The standard InChI is InChI=1S/C10H8Cl2N2O/c1-5-8(10(13)15-14-5)6-3-2-4-7(11)9(6)12/h2-4H,13H2,1H3. The van der Waals surface area contributed by atoms with Gasteiger partial charge in [-0.05, 0) is 13.0 Å². The number of anilines is 1. The van der Waals surface area contributed by atoms with Crippen LogP contribution in [0.1, 0.15) is 5.69 Å². The van der Waals surface area contributed by atoms with Crippen molar-refractivity contribution in [2.24, 2.45) is 0 Å². The number of hydrogen-bond acceptors (Lipinski definition) is 3. The molecule has 1 aromatic heterocycles. The van der Waals surface area contributed by atoms with Crippen molar-refractivity contribution in [3.63, 3.8) is 0 Å². The molecule has 0 bridgehead atoms. The molecule has 1 aromatic carbocycles. The van der Waals surface area contributed by atoms with Crippen LogP contribution in [0.4, 0.5) is 5.88 Å². The first-order chi connectivity index (χ1) is 7.11. The van der Waals surface area contributed by atoms with Gasteiger partial charge in [-0.2, -0.15) is 0 Å². The molecule has 2 aromatic rings. The van der Waals surface area contributed by atoms with Gasteiger partial charge in [-0.25, -0.2) is 0 Å². The zero-order chi connectivity index (χ0) is 11.0. The van der Waals surface area contributed by atoms with E-state index in [-0.39, 0.29) is 5.88 Å². The van der Waals surface area contributed by atoms with Gasteiger partial charge in [-0.15, -0.1) is 0 Å². The summed E-state index contributed by atoms with van der Waals surface area (Å²) in [6.45, 7) is 1.80. The van der Waals surface area contributed by atoms with Gasteiger partial charge >= 0.3 is 0 Å². The molecular weight excluding hydrogens is 235 g/mol. The summed E-state index contributed by atoms with van der Waals surface area (Å²) in [5, 5.41) is 4.70. The van der Waals surface area contributed by atoms with Gasteiger partial charge in [0, 0.05) is 5.56 Å². The third-order valence-electron chi connectivity index (χ3n) is 2.11. The lowest BCUT2D eigenvalue weighted by Gasteiger charge is -2.04. The molecule has 5 heteroatoms. The van der Waals surface area contributed by atoms with Crippen LogP contribution in [0.25, 0.3) is 11.1 Å². The van der Waals surface area contributed by atoms with Crippen molar-refractivity contribution in [2.75, 3.05) is 5.73 Å². The molecule has 15 heavy (non-hydrogen) atoms. The fourth-order valence-electron chi connectivity index (χ4n) is 1.41. The van der Waals surface area contributed by atoms with Gasteiger partial charge in [-0.3, -0.25) is 0 Å². The number of halogens is 2. The first kappa shape index (κ1) is 10.3. The molecule has 0 fully saturated rings. The van der Waals surface area contributed by atoms with E-state index in [1.165, 1.54) is 0 Å². The molecule has 0 radical (unpaired) electrons. The lowest BCUT2D eigenvalue weighted by molar-refractivity contribution is 0.431. The van der Waals surface area contributed by atoms with E-state index >= 15 is 0 Å². The van der Waals surface area contributed by atoms with Gasteiger partial charge in [0.15, 0.2) is 0 Å². The highest BCUT2D eigenvalue weighted by molar-refractivity contribution is 6.43. The minimum atomic E-state index is 0.247. The molecular formula is C10H8Cl2N2O. The molecule has 0 atom stereocenters. The molecule has 0 amide bonds. The minimum Gasteiger partial charge on any atom is -0.367 e. The van der Waals surface area contributed by atoms with Crippen molar-refractivity contribution in [2.45, 2.75) is 6.92 Å². The summed E-state index contributed by atoms with van der Waals surface area (Å²) in [5.41, 5.74) is 7.79. The van der Waals surface area contributed by atoms with Crippen molar-refractivity contribution >= 4 is 29.1 Å². The van der Waals surface area contributed by atoms with Gasteiger partial charge in [-0.1, -0.05) is 40.5 Å². The summed E-state index contributed by atoms with van der Waals surface area (Å²) >= 11 is 12.0. The van der Waals surface area contributed by atoms with Crippen LogP contribution in [0.5, 0.6) is 0 Å². The average Bonchev–Trinajstić information content (AvgIpc) is 2.52. The van der Waals surface area contributed by atoms with E-state index in [9.17, 15) is 0 Å². The fourth-order valence-corrected chi connectivity index (χ4v) is 1.81. The van der Waals surface area contributed by atoms with Gasteiger partial charge in [0.05, 0.1) is 21.3 Å². The SMILES string of the molecule is Cc1noc(N)c1-c1cccc(Cl)c1Cl. The van der Waals surface area contributed by atoms with Crippen LogP contribution in [0, 0.1) is 6.92 Å². The summed E-state index contributed by atoms with van der Waals surface area (Å²) in [5.74, 6) is 0.247. The smallest absolute Gasteiger partial charge is 0.230 e. The topological polar surface area (TPSA) is 52.0 Å². The highest BCUT2D eigenvalue weighted by Crippen LogP contribution is 2.37. The summed E-state index contributed by atoms with van der Waals surface area (Å²) in [7, 11) is 0. The quantitative estimate of drug-likeness (QED) is 0.833. The maximum atomic E-state index is 6.07. The fraction of sp³-hybridized carbons (Fsp3) is 0.100. The van der Waals surface area contributed by atoms with E-state index in [1.54, 1.807) is 19.1 Å². The Kier molecular flexibility index (Phi) is 2.59. The van der Waals surface area contributed by atoms with Gasteiger partial charge in [0.25, 0.3) is 0 Å². The van der Waals surface area contributed by atoms with E-state index in [2.05, 4.69) is 5.16 Å². The summed E-state index contributed by atoms with van der Waals surface area (Å²) < 4.78 is 4.87. The van der Waals surface area contributed by atoms with Crippen LogP contribution in [0.2, 0.25) is 10.0 Å². The Morgan fingerprint density at radius 3 is 2.67 bits per heavy atom. The first-order valence-corrected chi connectivity index (χ1v) is 5.03. The number of aromatic nitrogens is 1. The van der Waals surface area contributed by atoms with Crippen molar-refractivity contribution in [3.05, 3.63) is 33.9 Å². The second kappa shape index (κ2) is 3.76. The predicted octanol–water partition coefficient (Wildman–Crippen LogP) is 3.54. The van der Waals surface area contributed by atoms with E-state index in [4.69, 9.17) is 33.5 Å². The number of rotatable bonds is 1. The Labute approximate surface area is 96.8 Å². The van der Waals surface area contributed by atoms with Gasteiger partial charge < -0.3 is 10.3 Å². The minimum absolute atomic E-state index is 0.247. The lowest BCUT2D eigenvalue weighted by atomic mass is 10.1. The molecule has 0 unspecified atom stereocenters. The van der Waals surface area contributed by atoms with Crippen LogP contribution >= 0.6 is 23.2 Å².